The number of nitrogens with zero attached hydrogens (tertiary/aromatic N) is 3. The van der Waals surface area contributed by atoms with Crippen molar-refractivity contribution in [3.8, 4) is 0 Å². The minimum Gasteiger partial charge on any atom is -0.338 e. The second kappa shape index (κ2) is 4.63. The van der Waals surface area contributed by atoms with E-state index in [2.05, 4.69) is 5.10 Å². The van der Waals surface area contributed by atoms with Gasteiger partial charge >= 0.3 is 0 Å². The average Bonchev–Trinajstić information content (AvgIpc) is 2.93. The Labute approximate surface area is 113 Å². The second-order valence-corrected chi connectivity index (χ2v) is 6.03. The molecule has 3 rings (SSSR count). The molecule has 0 aromatic carbocycles. The fraction of sp³-hybridized carbons (Fsp3) is 0.714. The standard InChI is InChI=1S/C14H22N4O/c1-9-11(7-17(2)16-9)14(19)18-6-10-4-3-5-13(15)12(10)8-18/h7,10,12-13H,3-6,8,15H2,1-2H3. The van der Waals surface area contributed by atoms with Crippen LogP contribution >= 0.6 is 0 Å². The maximum Gasteiger partial charge on any atom is 0.257 e. The lowest BCUT2D eigenvalue weighted by Gasteiger charge is -2.29. The maximum absolute atomic E-state index is 12.6. The van der Waals surface area contributed by atoms with Gasteiger partial charge in [0.05, 0.1) is 11.3 Å². The number of rotatable bonds is 1. The summed E-state index contributed by atoms with van der Waals surface area (Å²) in [5, 5.41) is 4.25. The Morgan fingerprint density at radius 3 is 2.84 bits per heavy atom. The van der Waals surface area contributed by atoms with Crippen LogP contribution in [0.4, 0.5) is 0 Å². The van der Waals surface area contributed by atoms with Gasteiger partial charge in [-0.05, 0) is 31.6 Å². The highest BCUT2D eigenvalue weighted by atomic mass is 16.2. The Balaban J connectivity index is 1.77. The molecule has 104 valence electrons. The summed E-state index contributed by atoms with van der Waals surface area (Å²) < 4.78 is 1.71. The van der Waals surface area contributed by atoms with Crippen molar-refractivity contribution in [3.63, 3.8) is 0 Å². The Kier molecular flexibility index (Phi) is 3.09. The van der Waals surface area contributed by atoms with Crippen molar-refractivity contribution in [2.45, 2.75) is 32.2 Å². The summed E-state index contributed by atoms with van der Waals surface area (Å²) in [5.74, 6) is 1.21. The molecule has 5 heteroatoms. The van der Waals surface area contributed by atoms with Crippen molar-refractivity contribution >= 4 is 5.91 Å². The summed E-state index contributed by atoms with van der Waals surface area (Å²) in [6.07, 6.45) is 5.35. The third-order valence-corrected chi connectivity index (χ3v) is 4.68. The van der Waals surface area contributed by atoms with Crippen LogP contribution in [-0.4, -0.2) is 39.7 Å². The molecule has 3 atom stereocenters. The molecule has 2 aliphatic rings. The highest BCUT2D eigenvalue weighted by Gasteiger charge is 2.40. The van der Waals surface area contributed by atoms with Crippen molar-refractivity contribution in [2.75, 3.05) is 13.1 Å². The van der Waals surface area contributed by atoms with Crippen LogP contribution in [0.2, 0.25) is 0 Å². The summed E-state index contributed by atoms with van der Waals surface area (Å²) >= 11 is 0. The van der Waals surface area contributed by atoms with E-state index in [0.717, 1.165) is 30.8 Å². The molecule has 0 radical (unpaired) electrons. The summed E-state index contributed by atoms with van der Waals surface area (Å²) in [7, 11) is 1.85. The summed E-state index contributed by atoms with van der Waals surface area (Å²) in [6.45, 7) is 3.58. The number of carbonyl (C=O) groups is 1. The highest BCUT2D eigenvalue weighted by Crippen LogP contribution is 2.36. The van der Waals surface area contributed by atoms with Crippen LogP contribution in [0.3, 0.4) is 0 Å². The molecular weight excluding hydrogens is 240 g/mol. The SMILES string of the molecule is Cc1nn(C)cc1C(=O)N1CC2CCCC(N)C2C1. The van der Waals surface area contributed by atoms with Gasteiger partial charge in [-0.25, -0.2) is 0 Å². The van der Waals surface area contributed by atoms with E-state index in [0.29, 0.717) is 11.8 Å². The number of carbonyl (C=O) groups excluding carboxylic acids is 1. The number of aryl methyl sites for hydroxylation is 2. The van der Waals surface area contributed by atoms with E-state index < -0.39 is 0 Å². The van der Waals surface area contributed by atoms with E-state index in [1.807, 2.05) is 25.1 Å². The largest absolute Gasteiger partial charge is 0.338 e. The first-order valence-electron chi connectivity index (χ1n) is 7.11. The minimum atomic E-state index is 0.118. The molecule has 1 saturated carbocycles. The molecule has 2 heterocycles. The molecule has 5 nitrogen and oxygen atoms in total. The lowest BCUT2D eigenvalue weighted by molar-refractivity contribution is 0.0782. The third kappa shape index (κ3) is 2.16. The Morgan fingerprint density at radius 1 is 1.42 bits per heavy atom. The molecule has 1 saturated heterocycles. The summed E-state index contributed by atoms with van der Waals surface area (Å²) in [6, 6.07) is 0.270. The highest BCUT2D eigenvalue weighted by molar-refractivity contribution is 5.95. The first kappa shape index (κ1) is 12.7. The van der Waals surface area contributed by atoms with Gasteiger partial charge in [-0.2, -0.15) is 5.10 Å². The molecule has 19 heavy (non-hydrogen) atoms. The first-order valence-corrected chi connectivity index (χ1v) is 7.11. The molecule has 1 aromatic heterocycles. The van der Waals surface area contributed by atoms with Gasteiger partial charge in [-0.15, -0.1) is 0 Å². The van der Waals surface area contributed by atoms with Crippen LogP contribution in [0.1, 0.15) is 35.3 Å². The first-order chi connectivity index (χ1) is 9.06. The average molecular weight is 262 g/mol. The van der Waals surface area contributed by atoms with Gasteiger partial charge in [0.15, 0.2) is 0 Å². The van der Waals surface area contributed by atoms with Crippen LogP contribution in [0, 0.1) is 18.8 Å². The van der Waals surface area contributed by atoms with E-state index >= 15 is 0 Å². The van der Waals surface area contributed by atoms with Gasteiger partial charge in [-0.1, -0.05) is 6.42 Å². The second-order valence-electron chi connectivity index (χ2n) is 6.03. The van der Waals surface area contributed by atoms with E-state index in [1.54, 1.807) is 4.68 Å². The van der Waals surface area contributed by atoms with E-state index in [4.69, 9.17) is 5.73 Å². The molecule has 2 fully saturated rings. The zero-order valence-electron chi connectivity index (χ0n) is 11.7. The number of fused-ring (bicyclic) bond motifs is 1. The normalized spacial score (nSPS) is 30.5. The Hall–Kier alpha value is -1.36. The van der Waals surface area contributed by atoms with Crippen molar-refractivity contribution in [2.24, 2.45) is 24.6 Å². The van der Waals surface area contributed by atoms with Crippen molar-refractivity contribution < 1.29 is 4.79 Å². The van der Waals surface area contributed by atoms with Gasteiger partial charge in [-0.3, -0.25) is 9.48 Å². The van der Waals surface area contributed by atoms with Gasteiger partial charge in [0.25, 0.3) is 5.91 Å². The van der Waals surface area contributed by atoms with Gasteiger partial charge in [0.1, 0.15) is 0 Å². The third-order valence-electron chi connectivity index (χ3n) is 4.68. The van der Waals surface area contributed by atoms with Crippen LogP contribution in [0.15, 0.2) is 6.20 Å². The monoisotopic (exact) mass is 262 g/mol. The molecular formula is C14H22N4O. The van der Waals surface area contributed by atoms with Crippen LogP contribution in [-0.2, 0) is 7.05 Å². The predicted molar refractivity (Wildman–Crippen MR) is 72.7 cm³/mol. The smallest absolute Gasteiger partial charge is 0.257 e. The van der Waals surface area contributed by atoms with Gasteiger partial charge in [0.2, 0.25) is 0 Å². The lowest BCUT2D eigenvalue weighted by Crippen LogP contribution is -2.38. The van der Waals surface area contributed by atoms with Crippen molar-refractivity contribution in [1.82, 2.24) is 14.7 Å². The number of nitrogens with two attached hydrogens (primary N) is 1. The van der Waals surface area contributed by atoms with Crippen molar-refractivity contribution in [3.05, 3.63) is 17.5 Å². The van der Waals surface area contributed by atoms with E-state index in [9.17, 15) is 4.79 Å². The molecule has 2 N–H and O–H groups in total. The number of hydrogen-bond donors (Lipinski definition) is 1. The lowest BCUT2D eigenvalue weighted by atomic mass is 9.78. The van der Waals surface area contributed by atoms with E-state index in [-0.39, 0.29) is 11.9 Å². The number of likely N-dealkylation sites (tertiary alicyclic amines) is 1. The number of aromatic nitrogens is 2. The van der Waals surface area contributed by atoms with Crippen molar-refractivity contribution in [1.29, 1.82) is 0 Å². The van der Waals surface area contributed by atoms with Crippen LogP contribution in [0.25, 0.3) is 0 Å². The minimum absolute atomic E-state index is 0.118. The van der Waals surface area contributed by atoms with E-state index in [1.165, 1.54) is 12.8 Å². The van der Waals surface area contributed by atoms with Gasteiger partial charge in [0, 0.05) is 32.4 Å². The molecule has 3 unspecified atom stereocenters. The molecule has 1 aliphatic heterocycles. The summed E-state index contributed by atoms with van der Waals surface area (Å²) in [4.78, 5) is 14.5. The molecule has 0 spiro atoms. The number of hydrogen-bond acceptors (Lipinski definition) is 3. The quantitative estimate of drug-likeness (QED) is 0.819. The molecule has 1 aromatic rings. The molecule has 1 aliphatic carbocycles. The Morgan fingerprint density at radius 2 is 2.21 bits per heavy atom. The van der Waals surface area contributed by atoms with Gasteiger partial charge < -0.3 is 10.6 Å². The zero-order chi connectivity index (χ0) is 13.6. The maximum atomic E-state index is 12.6. The zero-order valence-corrected chi connectivity index (χ0v) is 11.7. The molecule has 0 bridgehead atoms. The predicted octanol–water partition coefficient (Wildman–Crippen LogP) is 0.928. The fourth-order valence-corrected chi connectivity index (χ4v) is 3.66. The van der Waals surface area contributed by atoms with Crippen LogP contribution in [0.5, 0.6) is 0 Å². The molecule has 1 amide bonds. The topological polar surface area (TPSA) is 64.2 Å². The Bertz CT molecular complexity index is 496. The summed E-state index contributed by atoms with van der Waals surface area (Å²) in [5.41, 5.74) is 7.74. The van der Waals surface area contributed by atoms with Crippen LogP contribution < -0.4 is 5.73 Å². The fourth-order valence-electron chi connectivity index (χ4n) is 3.66. The number of amides is 1.